The van der Waals surface area contributed by atoms with Crippen molar-refractivity contribution in [1.29, 1.82) is 10.8 Å². The molecule has 1 fully saturated rings. The molecule has 1 saturated carbocycles. The molecule has 0 radical (unpaired) electrons. The van der Waals surface area contributed by atoms with Crippen molar-refractivity contribution < 1.29 is 9.18 Å². The maximum Gasteiger partial charge on any atom is 0.269 e. The lowest BCUT2D eigenvalue weighted by Crippen LogP contribution is -2.20. The smallest absolute Gasteiger partial charge is 0.269 e. The Hall–Kier alpha value is -2.04. The molecule has 0 aliphatic heterocycles. The van der Waals surface area contributed by atoms with Crippen LogP contribution in [0.25, 0.3) is 0 Å². The van der Waals surface area contributed by atoms with E-state index in [0.29, 0.717) is 16.7 Å². The summed E-state index contributed by atoms with van der Waals surface area (Å²) in [5.74, 6) is -0.870. The molecule has 1 aromatic carbocycles. The van der Waals surface area contributed by atoms with E-state index in [1.54, 1.807) is 19.9 Å². The first-order valence-corrected chi connectivity index (χ1v) is 7.26. The van der Waals surface area contributed by atoms with Gasteiger partial charge in [-0.15, -0.1) is 0 Å². The second-order valence-electron chi connectivity index (χ2n) is 6.13. The third-order valence-electron chi connectivity index (χ3n) is 4.09. The van der Waals surface area contributed by atoms with E-state index in [-0.39, 0.29) is 11.5 Å². The second-order valence-corrected chi connectivity index (χ2v) is 6.13. The Labute approximate surface area is 131 Å². The van der Waals surface area contributed by atoms with Gasteiger partial charge in [0, 0.05) is 22.4 Å². The molecule has 1 aliphatic carbocycles. The van der Waals surface area contributed by atoms with E-state index in [2.05, 4.69) is 12.2 Å². The monoisotopic (exact) mass is 305 g/mol. The van der Waals surface area contributed by atoms with Crippen molar-refractivity contribution >= 4 is 23.0 Å². The first-order chi connectivity index (χ1) is 10.1. The highest BCUT2D eigenvalue weighted by molar-refractivity contribution is 6.41. The average Bonchev–Trinajstić information content (AvgIpc) is 3.19. The fourth-order valence-corrected chi connectivity index (χ4v) is 1.78. The average molecular weight is 305 g/mol. The highest BCUT2D eigenvalue weighted by Gasteiger charge is 2.39. The molecular formula is C17H24FN3O. The molecular weight excluding hydrogens is 281 g/mol. The van der Waals surface area contributed by atoms with Gasteiger partial charge in [0.25, 0.3) is 5.91 Å². The normalized spacial score (nSPS) is 14.5. The topological polar surface area (TPSA) is 76.8 Å². The van der Waals surface area contributed by atoms with Gasteiger partial charge in [0.1, 0.15) is 5.82 Å². The van der Waals surface area contributed by atoms with Gasteiger partial charge in [-0.05, 0) is 52.2 Å². The molecule has 0 aromatic heterocycles. The van der Waals surface area contributed by atoms with Crippen LogP contribution in [0.1, 0.15) is 44.7 Å². The number of benzene rings is 1. The zero-order chi connectivity index (χ0) is 17.1. The number of carbonyl (C=O) groups is 1. The molecule has 120 valence electrons. The molecule has 2 rings (SSSR count). The third kappa shape index (κ3) is 4.48. The predicted molar refractivity (Wildman–Crippen MR) is 88.6 cm³/mol. The molecule has 1 aromatic rings. The molecule has 0 unspecified atom stereocenters. The lowest BCUT2D eigenvalue weighted by molar-refractivity contribution is -0.110. The van der Waals surface area contributed by atoms with Gasteiger partial charge >= 0.3 is 0 Å². The number of hydrogen-bond acceptors (Lipinski definition) is 3. The highest BCUT2D eigenvalue weighted by atomic mass is 19.1. The molecule has 22 heavy (non-hydrogen) atoms. The Bertz CT molecular complexity index is 619. The van der Waals surface area contributed by atoms with E-state index >= 15 is 0 Å². The maximum atomic E-state index is 13.2. The minimum Gasteiger partial charge on any atom is -0.320 e. The number of rotatable bonds is 3. The van der Waals surface area contributed by atoms with Crippen molar-refractivity contribution in [2.24, 2.45) is 5.41 Å². The third-order valence-corrected chi connectivity index (χ3v) is 4.09. The van der Waals surface area contributed by atoms with E-state index in [1.165, 1.54) is 25.8 Å². The van der Waals surface area contributed by atoms with E-state index < -0.39 is 5.91 Å². The van der Waals surface area contributed by atoms with Crippen LogP contribution in [0.5, 0.6) is 0 Å². The van der Waals surface area contributed by atoms with E-state index in [0.717, 1.165) is 11.3 Å². The number of halogens is 1. The zero-order valence-corrected chi connectivity index (χ0v) is 13.9. The number of anilines is 1. The number of hydrogen-bond donors (Lipinski definition) is 3. The molecule has 0 bridgehead atoms. The van der Waals surface area contributed by atoms with Crippen LogP contribution in [0.2, 0.25) is 0 Å². The maximum absolute atomic E-state index is 13.2. The number of amides is 1. The van der Waals surface area contributed by atoms with Crippen molar-refractivity contribution in [3.63, 3.8) is 0 Å². The number of aryl methyl sites for hydroxylation is 1. The predicted octanol–water partition coefficient (Wildman–Crippen LogP) is 4.25. The van der Waals surface area contributed by atoms with E-state index in [1.807, 2.05) is 6.92 Å². The van der Waals surface area contributed by atoms with Gasteiger partial charge < -0.3 is 10.7 Å². The van der Waals surface area contributed by atoms with Gasteiger partial charge in [-0.3, -0.25) is 10.2 Å². The Morgan fingerprint density at radius 1 is 1.23 bits per heavy atom. The van der Waals surface area contributed by atoms with Gasteiger partial charge in [-0.1, -0.05) is 13.0 Å². The van der Waals surface area contributed by atoms with Crippen molar-refractivity contribution in [3.8, 4) is 0 Å². The van der Waals surface area contributed by atoms with Gasteiger partial charge in [-0.25, -0.2) is 4.39 Å². The van der Waals surface area contributed by atoms with Crippen LogP contribution in [0, 0.1) is 35.9 Å². The van der Waals surface area contributed by atoms with Crippen molar-refractivity contribution in [3.05, 3.63) is 29.1 Å². The van der Waals surface area contributed by atoms with Gasteiger partial charge in [0.2, 0.25) is 0 Å². The summed E-state index contributed by atoms with van der Waals surface area (Å²) in [4.78, 5) is 11.3. The summed E-state index contributed by atoms with van der Waals surface area (Å²) < 4.78 is 13.2. The summed E-state index contributed by atoms with van der Waals surface area (Å²) >= 11 is 0. The largest absolute Gasteiger partial charge is 0.320 e. The summed E-state index contributed by atoms with van der Waals surface area (Å²) in [7, 11) is 0. The number of nitrogens with one attached hydrogen (secondary N) is 3. The summed E-state index contributed by atoms with van der Waals surface area (Å²) in [5.41, 5.74) is 2.71. The summed E-state index contributed by atoms with van der Waals surface area (Å²) in [6, 6.07) is 2.95. The van der Waals surface area contributed by atoms with Crippen LogP contribution in [-0.4, -0.2) is 17.3 Å². The summed E-state index contributed by atoms with van der Waals surface area (Å²) in [6.07, 6.45) is 2.48. The Morgan fingerprint density at radius 3 is 2.14 bits per heavy atom. The van der Waals surface area contributed by atoms with E-state index in [4.69, 9.17) is 10.8 Å². The molecule has 5 heteroatoms. The number of carbonyl (C=O) groups excluding carboxylic acids is 1. The highest BCUT2D eigenvalue weighted by Crippen LogP contribution is 2.45. The molecule has 1 amide bonds. The van der Waals surface area contributed by atoms with Crippen LogP contribution < -0.4 is 5.32 Å². The molecule has 0 saturated heterocycles. The SMILES string of the molecule is CC(=N)C(=O)Nc1c(C)ccc(F)c1C.CC(=N)C1(C)CC1. The van der Waals surface area contributed by atoms with Crippen molar-refractivity contribution in [1.82, 2.24) is 0 Å². The first kappa shape index (κ1) is 18.0. The van der Waals surface area contributed by atoms with Crippen molar-refractivity contribution in [2.75, 3.05) is 5.32 Å². The molecule has 0 spiro atoms. The Morgan fingerprint density at radius 2 is 1.77 bits per heavy atom. The Kier molecular flexibility index (Phi) is 5.58. The summed E-state index contributed by atoms with van der Waals surface area (Å²) in [6.45, 7) is 8.81. The van der Waals surface area contributed by atoms with E-state index in [9.17, 15) is 9.18 Å². The standard InChI is InChI=1S/C11H13FN2O.C6H11N/c1-6-4-5-9(12)7(2)10(6)14-11(15)8(3)13;1-5(7)6(2)3-4-6/h4-5,13H,1-3H3,(H,14,15);7H,3-4H2,1-2H3. The van der Waals surface area contributed by atoms with Crippen LogP contribution in [0.3, 0.4) is 0 Å². The van der Waals surface area contributed by atoms with Crippen LogP contribution in [-0.2, 0) is 4.79 Å². The lowest BCUT2D eigenvalue weighted by atomic mass is 10.1. The fraction of sp³-hybridized carbons (Fsp3) is 0.471. The molecule has 0 heterocycles. The molecule has 3 N–H and O–H groups in total. The van der Waals surface area contributed by atoms with Crippen LogP contribution in [0.15, 0.2) is 12.1 Å². The minimum atomic E-state index is -0.508. The Balaban J connectivity index is 0.000000287. The fourth-order valence-electron chi connectivity index (χ4n) is 1.78. The van der Waals surface area contributed by atoms with Crippen LogP contribution in [0.4, 0.5) is 10.1 Å². The van der Waals surface area contributed by atoms with Crippen LogP contribution >= 0.6 is 0 Å². The van der Waals surface area contributed by atoms with Gasteiger partial charge in [0.05, 0.1) is 5.71 Å². The zero-order valence-electron chi connectivity index (χ0n) is 13.9. The second kappa shape index (κ2) is 6.81. The summed E-state index contributed by atoms with van der Waals surface area (Å²) in [5, 5.41) is 16.9. The first-order valence-electron chi connectivity index (χ1n) is 7.26. The van der Waals surface area contributed by atoms with Gasteiger partial charge in [0.15, 0.2) is 0 Å². The molecule has 1 aliphatic rings. The molecule has 4 nitrogen and oxygen atoms in total. The quantitative estimate of drug-likeness (QED) is 0.717. The lowest BCUT2D eigenvalue weighted by Gasteiger charge is -2.11. The van der Waals surface area contributed by atoms with Crippen molar-refractivity contribution in [2.45, 2.75) is 47.5 Å². The minimum absolute atomic E-state index is 0.0990. The molecule has 0 atom stereocenters. The van der Waals surface area contributed by atoms with Gasteiger partial charge in [-0.2, -0.15) is 0 Å².